The van der Waals surface area contributed by atoms with Crippen LogP contribution in [-0.4, -0.2) is 44.7 Å². The van der Waals surface area contributed by atoms with Crippen molar-refractivity contribution in [1.82, 2.24) is 4.90 Å². The molecule has 6 heteroatoms. The summed E-state index contributed by atoms with van der Waals surface area (Å²) < 4.78 is 37.6. The lowest BCUT2D eigenvalue weighted by atomic mass is 9.93. The Morgan fingerprint density at radius 1 is 1.30 bits per heavy atom. The molecule has 0 saturated carbocycles. The van der Waals surface area contributed by atoms with Gasteiger partial charge in [0.1, 0.15) is 0 Å². The van der Waals surface area contributed by atoms with Crippen LogP contribution < -0.4 is 4.74 Å². The third-order valence-electron chi connectivity index (χ3n) is 4.26. The van der Waals surface area contributed by atoms with Crippen molar-refractivity contribution in [3.63, 3.8) is 0 Å². The number of piperidine rings is 1. The molecule has 1 aliphatic rings. The summed E-state index contributed by atoms with van der Waals surface area (Å²) in [5.41, 5.74) is -0.235. The van der Waals surface area contributed by atoms with Crippen molar-refractivity contribution in [2.75, 3.05) is 33.9 Å². The van der Waals surface area contributed by atoms with Gasteiger partial charge < -0.3 is 14.4 Å². The molecule has 1 fully saturated rings. The van der Waals surface area contributed by atoms with Crippen LogP contribution in [0.5, 0.6) is 5.75 Å². The fourth-order valence-electron chi connectivity index (χ4n) is 3.03. The first-order chi connectivity index (χ1) is 11.1. The van der Waals surface area contributed by atoms with Gasteiger partial charge in [-0.05, 0) is 43.7 Å². The molecule has 1 aromatic rings. The second kappa shape index (κ2) is 8.24. The van der Waals surface area contributed by atoms with Gasteiger partial charge in [-0.15, -0.1) is 0 Å². The second-order valence-electron chi connectivity index (χ2n) is 5.84. The molecule has 0 bridgehead atoms. The maximum absolute atomic E-state index is 14.1. The minimum Gasteiger partial charge on any atom is -0.494 e. The predicted molar refractivity (Wildman–Crippen MR) is 82.6 cm³/mol. The van der Waals surface area contributed by atoms with Crippen LogP contribution in [0.2, 0.25) is 0 Å². The lowest BCUT2D eigenvalue weighted by molar-refractivity contribution is 0.0654. The zero-order valence-corrected chi connectivity index (χ0v) is 13.6. The normalized spacial score (nSPS) is 18.1. The molecular weight excluding hydrogens is 304 g/mol. The van der Waals surface area contributed by atoms with E-state index in [1.54, 1.807) is 12.0 Å². The van der Waals surface area contributed by atoms with Crippen molar-refractivity contribution < 1.29 is 23.0 Å². The van der Waals surface area contributed by atoms with E-state index in [4.69, 9.17) is 9.47 Å². The summed E-state index contributed by atoms with van der Waals surface area (Å²) in [7, 11) is 2.92. The number of ether oxygens (including phenoxy) is 2. The van der Waals surface area contributed by atoms with Crippen LogP contribution in [0.3, 0.4) is 0 Å². The highest BCUT2D eigenvalue weighted by Gasteiger charge is 2.27. The third-order valence-corrected chi connectivity index (χ3v) is 4.26. The molecule has 0 spiro atoms. The Morgan fingerprint density at radius 2 is 2.09 bits per heavy atom. The molecule has 0 aliphatic carbocycles. The zero-order chi connectivity index (χ0) is 16.8. The number of hydrogen-bond acceptors (Lipinski definition) is 3. The molecule has 0 aromatic heterocycles. The number of rotatable bonds is 6. The molecule has 0 N–H and O–H groups in total. The quantitative estimate of drug-likeness (QED) is 0.753. The molecule has 23 heavy (non-hydrogen) atoms. The number of likely N-dealkylation sites (tertiary alicyclic amines) is 1. The monoisotopic (exact) mass is 327 g/mol. The van der Waals surface area contributed by atoms with Crippen molar-refractivity contribution in [3.05, 3.63) is 29.3 Å². The molecule has 0 radical (unpaired) electrons. The fourth-order valence-corrected chi connectivity index (χ4v) is 3.03. The van der Waals surface area contributed by atoms with E-state index in [0.717, 1.165) is 25.7 Å². The Kier molecular flexibility index (Phi) is 6.33. The van der Waals surface area contributed by atoms with Crippen LogP contribution in [0.4, 0.5) is 8.78 Å². The molecular formula is C17H23F2NO3. The lowest BCUT2D eigenvalue weighted by Crippen LogP contribution is -2.40. The minimum absolute atomic E-state index is 0.199. The first kappa shape index (κ1) is 17.7. The van der Waals surface area contributed by atoms with Crippen molar-refractivity contribution in [2.24, 2.45) is 5.92 Å². The van der Waals surface area contributed by atoms with Crippen molar-refractivity contribution in [2.45, 2.75) is 25.7 Å². The molecule has 1 atom stereocenters. The van der Waals surface area contributed by atoms with Crippen molar-refractivity contribution in [1.29, 1.82) is 0 Å². The molecule has 2 rings (SSSR count). The number of nitrogens with zero attached hydrogens (tertiary/aromatic N) is 1. The molecule has 0 unspecified atom stereocenters. The Bertz CT molecular complexity index is 551. The third kappa shape index (κ3) is 4.19. The molecule has 4 nitrogen and oxygen atoms in total. The van der Waals surface area contributed by atoms with Gasteiger partial charge in [0.2, 0.25) is 5.82 Å². The van der Waals surface area contributed by atoms with Crippen molar-refractivity contribution in [3.8, 4) is 5.75 Å². The number of benzene rings is 1. The van der Waals surface area contributed by atoms with Crippen molar-refractivity contribution >= 4 is 5.91 Å². The number of carbonyl (C=O) groups is 1. The van der Waals surface area contributed by atoms with Gasteiger partial charge in [0, 0.05) is 26.8 Å². The number of halogens is 2. The summed E-state index contributed by atoms with van der Waals surface area (Å²) in [5.74, 6) is -2.53. The summed E-state index contributed by atoms with van der Waals surface area (Å²) in [6.07, 6.45) is 3.84. The van der Waals surface area contributed by atoms with Gasteiger partial charge in [-0.3, -0.25) is 4.79 Å². The van der Waals surface area contributed by atoms with E-state index in [-0.39, 0.29) is 11.3 Å². The summed E-state index contributed by atoms with van der Waals surface area (Å²) in [6, 6.07) is 2.57. The van der Waals surface area contributed by atoms with Gasteiger partial charge in [-0.1, -0.05) is 0 Å². The predicted octanol–water partition coefficient (Wildman–Crippen LogP) is 3.25. The largest absolute Gasteiger partial charge is 0.494 e. The van der Waals surface area contributed by atoms with Gasteiger partial charge in [0.05, 0.1) is 12.7 Å². The fraction of sp³-hybridized carbons (Fsp3) is 0.588. The average molecular weight is 327 g/mol. The summed E-state index contributed by atoms with van der Waals surface area (Å²) >= 11 is 0. The van der Waals surface area contributed by atoms with E-state index in [1.165, 1.54) is 19.2 Å². The van der Waals surface area contributed by atoms with E-state index in [0.29, 0.717) is 25.6 Å². The first-order valence-electron chi connectivity index (χ1n) is 7.88. The number of carbonyl (C=O) groups excluding carboxylic acids is 1. The van der Waals surface area contributed by atoms with E-state index < -0.39 is 17.5 Å². The number of hydrogen-bond donors (Lipinski definition) is 0. The SMILES string of the molecule is COCCC[C@@H]1CCCN(C(=O)c2ccc(OC)c(F)c2F)C1. The lowest BCUT2D eigenvalue weighted by Gasteiger charge is -2.33. The highest BCUT2D eigenvalue weighted by molar-refractivity contribution is 5.94. The highest BCUT2D eigenvalue weighted by atomic mass is 19.2. The number of amides is 1. The molecule has 1 amide bonds. The van der Waals surface area contributed by atoms with Gasteiger partial charge in [-0.2, -0.15) is 4.39 Å². The molecule has 1 aromatic carbocycles. The van der Waals surface area contributed by atoms with E-state index in [2.05, 4.69) is 0 Å². The van der Waals surface area contributed by atoms with Crippen LogP contribution >= 0.6 is 0 Å². The average Bonchev–Trinajstić information content (AvgIpc) is 2.57. The summed E-state index contributed by atoms with van der Waals surface area (Å²) in [6.45, 7) is 1.85. The first-order valence-corrected chi connectivity index (χ1v) is 7.88. The van der Waals surface area contributed by atoms with Crippen LogP contribution in [-0.2, 0) is 4.74 Å². The Labute approximate surface area is 135 Å². The molecule has 1 saturated heterocycles. The van der Waals surface area contributed by atoms with Crippen LogP contribution in [0.25, 0.3) is 0 Å². The Hall–Kier alpha value is -1.69. The van der Waals surface area contributed by atoms with Crippen LogP contribution in [0, 0.1) is 17.6 Å². The Morgan fingerprint density at radius 3 is 2.78 bits per heavy atom. The zero-order valence-electron chi connectivity index (χ0n) is 13.6. The van der Waals surface area contributed by atoms with Gasteiger partial charge in [0.15, 0.2) is 11.6 Å². The minimum atomic E-state index is -1.14. The molecule has 1 heterocycles. The van der Waals surface area contributed by atoms with Crippen LogP contribution in [0.1, 0.15) is 36.0 Å². The van der Waals surface area contributed by atoms with E-state index >= 15 is 0 Å². The summed E-state index contributed by atoms with van der Waals surface area (Å²) in [5, 5.41) is 0. The molecule has 1 aliphatic heterocycles. The van der Waals surface area contributed by atoms with Gasteiger partial charge >= 0.3 is 0 Å². The topological polar surface area (TPSA) is 38.8 Å². The Balaban J connectivity index is 2.06. The maximum Gasteiger partial charge on any atom is 0.256 e. The number of methoxy groups -OCH3 is 2. The highest BCUT2D eigenvalue weighted by Crippen LogP contribution is 2.26. The smallest absolute Gasteiger partial charge is 0.256 e. The second-order valence-corrected chi connectivity index (χ2v) is 5.84. The van der Waals surface area contributed by atoms with Crippen LogP contribution in [0.15, 0.2) is 12.1 Å². The summed E-state index contributed by atoms with van der Waals surface area (Å²) in [4.78, 5) is 14.1. The van der Waals surface area contributed by atoms with Gasteiger partial charge in [-0.25, -0.2) is 4.39 Å². The van der Waals surface area contributed by atoms with Gasteiger partial charge in [0.25, 0.3) is 5.91 Å². The maximum atomic E-state index is 14.1. The van der Waals surface area contributed by atoms with E-state index in [9.17, 15) is 13.6 Å². The van der Waals surface area contributed by atoms with E-state index in [1.807, 2.05) is 0 Å². The standard InChI is InChI=1S/C17H23F2NO3/c1-22-10-4-6-12-5-3-9-20(11-12)17(21)13-7-8-14(23-2)16(19)15(13)18/h7-8,12H,3-6,9-11H2,1-2H3/t12-/m0/s1. The molecule has 128 valence electrons.